The summed E-state index contributed by atoms with van der Waals surface area (Å²) in [5.41, 5.74) is 1.75. The van der Waals surface area contributed by atoms with E-state index in [0.29, 0.717) is 53.4 Å². The fraction of sp³-hybridized carbons (Fsp3) is 0.565. The van der Waals surface area contributed by atoms with Gasteiger partial charge in [0, 0.05) is 74.6 Å². The Labute approximate surface area is 374 Å². The second kappa shape index (κ2) is 19.3. The van der Waals surface area contributed by atoms with E-state index in [1.54, 1.807) is 31.5 Å². The van der Waals surface area contributed by atoms with Crippen molar-refractivity contribution in [3.05, 3.63) is 65.2 Å². The zero-order valence-corrected chi connectivity index (χ0v) is 38.5. The monoisotopic (exact) mass is 900 g/mol. The van der Waals surface area contributed by atoms with Crippen molar-refractivity contribution in [1.29, 1.82) is 0 Å². The Hall–Kier alpha value is -4.58. The maximum Gasteiger partial charge on any atom is 0.234 e. The van der Waals surface area contributed by atoms with Crippen LogP contribution in [-0.4, -0.2) is 114 Å². The number of nitrogens with one attached hydrogen (secondary N) is 3. The number of rotatable bonds is 13. The first-order valence-corrected chi connectivity index (χ1v) is 25.1. The van der Waals surface area contributed by atoms with E-state index in [9.17, 15) is 18.0 Å². The summed E-state index contributed by atoms with van der Waals surface area (Å²) in [6.45, 7) is 15.4. The molecule has 1 atom stereocenters. The van der Waals surface area contributed by atoms with Crippen LogP contribution in [-0.2, 0) is 25.0 Å². The summed E-state index contributed by atoms with van der Waals surface area (Å²) in [6.07, 6.45) is 11.5. The van der Waals surface area contributed by atoms with Crippen molar-refractivity contribution in [1.82, 2.24) is 35.1 Å². The maximum absolute atomic E-state index is 16.1. The fourth-order valence-corrected chi connectivity index (χ4v) is 11.6. The van der Waals surface area contributed by atoms with Crippen molar-refractivity contribution in [3.63, 3.8) is 0 Å². The van der Waals surface area contributed by atoms with Gasteiger partial charge in [-0.25, -0.2) is 32.7 Å². The van der Waals surface area contributed by atoms with Crippen molar-refractivity contribution in [2.45, 2.75) is 109 Å². The van der Waals surface area contributed by atoms with Crippen LogP contribution in [0.25, 0.3) is 21.8 Å². The first kappa shape index (κ1) is 45.0. The zero-order chi connectivity index (χ0) is 44.3. The number of piperidine rings is 4. The number of pyridine rings is 1. The number of amides is 2. The molecule has 4 aromatic rings. The number of benzene rings is 1. The molecule has 14 nitrogen and oxygen atoms in total. The van der Waals surface area contributed by atoms with Crippen molar-refractivity contribution >= 4 is 50.6 Å². The number of thiazole rings is 1. The number of sulfonamides is 1. The molecule has 0 aliphatic carbocycles. The Kier molecular flexibility index (Phi) is 13.8. The number of likely N-dealkylation sites (tertiary alicyclic amines) is 2. The molecular formula is C46H61FN10O4S2. The summed E-state index contributed by atoms with van der Waals surface area (Å²) in [6, 6.07) is 11.4. The lowest BCUT2D eigenvalue weighted by molar-refractivity contribution is -0.134. The van der Waals surface area contributed by atoms with E-state index < -0.39 is 15.8 Å². The van der Waals surface area contributed by atoms with E-state index in [2.05, 4.69) is 55.8 Å². The quantitative estimate of drug-likeness (QED) is 0.118. The molecule has 1 aromatic carbocycles. The van der Waals surface area contributed by atoms with Gasteiger partial charge in [-0.1, -0.05) is 39.8 Å². The molecule has 8 rings (SSSR count). The van der Waals surface area contributed by atoms with Crippen LogP contribution in [0.4, 0.5) is 21.8 Å². The molecule has 7 heterocycles. The van der Waals surface area contributed by atoms with Gasteiger partial charge < -0.3 is 20.0 Å². The third-order valence-electron chi connectivity index (χ3n) is 13.0. The summed E-state index contributed by atoms with van der Waals surface area (Å²) in [5.74, 6) is 0.671. The first-order chi connectivity index (χ1) is 30.2. The van der Waals surface area contributed by atoms with Crippen molar-refractivity contribution < 1.29 is 22.4 Å². The SMILES string of the molecule is CCCS(=O)(=O)Nc1cccc(-c2nc(C(C)(C)C)sc2-c2ccnc(NC3CCN(C4CCN(CC5CCN(c6ccc([C@H]7CCC(=O)NC7=O)cn6)CC5)CC4)CC3)n2)c1F. The highest BCUT2D eigenvalue weighted by atomic mass is 32.2. The van der Waals surface area contributed by atoms with Gasteiger partial charge in [-0.15, -0.1) is 11.3 Å². The minimum Gasteiger partial charge on any atom is -0.357 e. The number of hydrogen-bond acceptors (Lipinski definition) is 13. The van der Waals surface area contributed by atoms with Crippen LogP contribution in [0.15, 0.2) is 48.8 Å². The predicted octanol–water partition coefficient (Wildman–Crippen LogP) is 7.03. The molecule has 338 valence electrons. The van der Waals surface area contributed by atoms with Gasteiger partial charge in [0.2, 0.25) is 27.8 Å². The summed E-state index contributed by atoms with van der Waals surface area (Å²) in [5, 5.41) is 6.87. The molecule has 3 N–H and O–H groups in total. The van der Waals surface area contributed by atoms with Crippen LogP contribution in [0, 0.1) is 11.7 Å². The highest BCUT2D eigenvalue weighted by Gasteiger charge is 2.32. The Balaban J connectivity index is 0.811. The Morgan fingerprint density at radius 1 is 0.905 bits per heavy atom. The molecular weight excluding hydrogens is 840 g/mol. The van der Waals surface area contributed by atoms with Crippen molar-refractivity contribution in [3.8, 4) is 21.8 Å². The Morgan fingerprint density at radius 2 is 1.67 bits per heavy atom. The topological polar surface area (TPSA) is 166 Å². The number of carbonyl (C=O) groups excluding carboxylic acids is 2. The van der Waals surface area contributed by atoms with Crippen LogP contribution >= 0.6 is 11.3 Å². The molecule has 0 unspecified atom stereocenters. The van der Waals surface area contributed by atoms with E-state index in [4.69, 9.17) is 15.0 Å². The zero-order valence-electron chi connectivity index (χ0n) is 36.9. The second-order valence-electron chi connectivity index (χ2n) is 18.7. The summed E-state index contributed by atoms with van der Waals surface area (Å²) >= 11 is 1.47. The Bertz CT molecular complexity index is 2350. The van der Waals surface area contributed by atoms with Crippen LogP contribution < -0.4 is 20.3 Å². The first-order valence-electron chi connectivity index (χ1n) is 22.6. The van der Waals surface area contributed by atoms with E-state index in [0.717, 1.165) is 87.9 Å². The molecule has 3 aromatic heterocycles. The highest BCUT2D eigenvalue weighted by Crippen LogP contribution is 2.42. The number of nitrogens with zero attached hydrogens (tertiary/aromatic N) is 7. The number of carbonyl (C=O) groups is 2. The van der Waals surface area contributed by atoms with Gasteiger partial charge in [-0.2, -0.15) is 0 Å². The average molecular weight is 901 g/mol. The van der Waals surface area contributed by atoms with Gasteiger partial charge in [-0.05, 0) is 100 Å². The summed E-state index contributed by atoms with van der Waals surface area (Å²) in [7, 11) is -3.69. The van der Waals surface area contributed by atoms with Crippen LogP contribution in [0.1, 0.15) is 102 Å². The molecule has 2 amide bonds. The average Bonchev–Trinajstić information content (AvgIpc) is 3.72. The molecule has 17 heteroatoms. The van der Waals surface area contributed by atoms with Gasteiger partial charge >= 0.3 is 0 Å². The van der Waals surface area contributed by atoms with Crippen LogP contribution in [0.3, 0.4) is 0 Å². The maximum atomic E-state index is 16.1. The molecule has 0 saturated carbocycles. The van der Waals surface area contributed by atoms with Gasteiger partial charge in [0.1, 0.15) is 5.82 Å². The largest absolute Gasteiger partial charge is 0.357 e. The smallest absolute Gasteiger partial charge is 0.234 e. The van der Waals surface area contributed by atoms with Crippen molar-refractivity contribution in [2.75, 3.05) is 66.5 Å². The molecule has 4 aliphatic rings. The minimum atomic E-state index is -3.69. The highest BCUT2D eigenvalue weighted by molar-refractivity contribution is 7.92. The van der Waals surface area contributed by atoms with Crippen molar-refractivity contribution in [2.24, 2.45) is 5.92 Å². The second-order valence-corrected chi connectivity index (χ2v) is 21.5. The molecule has 0 bridgehead atoms. The third kappa shape index (κ3) is 10.9. The minimum absolute atomic E-state index is 0.0970. The van der Waals surface area contributed by atoms with Gasteiger partial charge in [0.05, 0.1) is 38.6 Å². The van der Waals surface area contributed by atoms with Gasteiger partial charge in [0.15, 0.2) is 5.82 Å². The lowest BCUT2D eigenvalue weighted by Crippen LogP contribution is -2.50. The van der Waals surface area contributed by atoms with E-state index in [-0.39, 0.29) is 46.2 Å². The molecule has 4 saturated heterocycles. The number of aromatic nitrogens is 4. The third-order valence-corrected chi connectivity index (χ3v) is 15.9. The van der Waals surface area contributed by atoms with Gasteiger partial charge in [0.25, 0.3) is 0 Å². The van der Waals surface area contributed by atoms with Crippen LogP contribution in [0.5, 0.6) is 0 Å². The number of hydrogen-bond donors (Lipinski definition) is 3. The summed E-state index contributed by atoms with van der Waals surface area (Å²) < 4.78 is 43.6. The molecule has 63 heavy (non-hydrogen) atoms. The fourth-order valence-electron chi connectivity index (χ4n) is 9.40. The molecule has 4 aliphatic heterocycles. The number of anilines is 3. The number of halogens is 1. The molecule has 4 fully saturated rings. The number of imide groups is 1. The van der Waals surface area contributed by atoms with Gasteiger partial charge in [-0.3, -0.25) is 19.6 Å². The van der Waals surface area contributed by atoms with E-state index in [1.165, 1.54) is 30.2 Å². The Morgan fingerprint density at radius 3 is 2.35 bits per heavy atom. The summed E-state index contributed by atoms with van der Waals surface area (Å²) in [4.78, 5) is 51.4. The van der Waals surface area contributed by atoms with E-state index >= 15 is 4.39 Å². The predicted molar refractivity (Wildman–Crippen MR) is 247 cm³/mol. The standard InChI is InChI=1S/C46H61FN10O4S2/c1-5-27-63(60,61)54-36-8-6-7-35(40(36)47)41-42(62-44(53-41)46(2,3)4)37-13-20-48-45(51-37)50-32-16-25-56(26-17-32)33-18-21-55(22-19-33)29-30-14-23-57(24-15-30)38-11-9-31(28-49-38)34-10-12-39(58)52-43(34)59/h6-9,11,13,20,28,30,32-34,54H,5,10,12,14-19,21-27,29H2,1-4H3,(H,48,50,51)(H,52,58,59)/t34-/m1/s1. The normalized spacial score (nSPS) is 20.5. The molecule has 0 radical (unpaired) electrons. The molecule has 0 spiro atoms. The lowest BCUT2D eigenvalue weighted by atomic mass is 9.91. The lowest BCUT2D eigenvalue weighted by Gasteiger charge is -2.43. The van der Waals surface area contributed by atoms with Crippen LogP contribution in [0.2, 0.25) is 0 Å². The van der Waals surface area contributed by atoms with E-state index in [1.807, 2.05) is 18.2 Å².